The molecule has 1 aromatic carbocycles. The Labute approximate surface area is 125 Å². The minimum atomic E-state index is 0.0470. The van der Waals surface area contributed by atoms with Crippen LogP contribution in [0.15, 0.2) is 48.0 Å². The molecule has 0 aliphatic heterocycles. The van der Waals surface area contributed by atoms with Crippen LogP contribution in [-0.2, 0) is 0 Å². The van der Waals surface area contributed by atoms with E-state index in [0.717, 1.165) is 29.7 Å². The third kappa shape index (κ3) is 2.82. The van der Waals surface area contributed by atoms with Crippen LogP contribution >= 0.6 is 0 Å². The molecule has 0 unspecified atom stereocenters. The maximum absolute atomic E-state index is 12.4. The smallest absolute Gasteiger partial charge is 0.254 e. The van der Waals surface area contributed by atoms with Crippen LogP contribution in [0.5, 0.6) is 0 Å². The van der Waals surface area contributed by atoms with E-state index >= 15 is 0 Å². The third-order valence-electron chi connectivity index (χ3n) is 4.26. The van der Waals surface area contributed by atoms with Crippen LogP contribution in [0.2, 0.25) is 0 Å². The van der Waals surface area contributed by atoms with Crippen molar-refractivity contribution in [2.75, 3.05) is 0 Å². The molecule has 1 saturated carbocycles. The Morgan fingerprint density at radius 2 is 1.95 bits per heavy atom. The largest absolute Gasteiger partial charge is 0.296 e. The van der Waals surface area contributed by atoms with Gasteiger partial charge >= 0.3 is 0 Å². The first-order chi connectivity index (χ1) is 10.3. The summed E-state index contributed by atoms with van der Waals surface area (Å²) in [6.45, 7) is 3.82. The van der Waals surface area contributed by atoms with Crippen LogP contribution in [0.4, 0.5) is 0 Å². The van der Waals surface area contributed by atoms with Crippen molar-refractivity contribution in [3.8, 4) is 11.3 Å². The highest BCUT2D eigenvalue weighted by atomic mass is 16.1. The summed E-state index contributed by atoms with van der Waals surface area (Å²) in [5.41, 5.74) is 2.73. The number of rotatable bonds is 3. The van der Waals surface area contributed by atoms with Crippen molar-refractivity contribution >= 4 is 6.08 Å². The molecule has 1 aliphatic carbocycles. The van der Waals surface area contributed by atoms with E-state index in [0.29, 0.717) is 6.04 Å². The van der Waals surface area contributed by atoms with Gasteiger partial charge in [0.1, 0.15) is 0 Å². The van der Waals surface area contributed by atoms with Crippen molar-refractivity contribution in [3.63, 3.8) is 0 Å². The van der Waals surface area contributed by atoms with Gasteiger partial charge in [0.25, 0.3) is 5.56 Å². The molecule has 1 fully saturated rings. The van der Waals surface area contributed by atoms with E-state index in [1.807, 2.05) is 24.3 Å². The maximum Gasteiger partial charge on any atom is 0.254 e. The number of hydrogen-bond donors (Lipinski definition) is 0. The summed E-state index contributed by atoms with van der Waals surface area (Å²) < 4.78 is 1.80. The van der Waals surface area contributed by atoms with Gasteiger partial charge in [-0.15, -0.1) is 0 Å². The Hall–Kier alpha value is -2.16. The lowest BCUT2D eigenvalue weighted by Crippen LogP contribution is -2.26. The van der Waals surface area contributed by atoms with Crippen molar-refractivity contribution in [1.82, 2.24) is 9.55 Å². The Kier molecular flexibility index (Phi) is 4.00. The van der Waals surface area contributed by atoms with E-state index < -0.39 is 0 Å². The van der Waals surface area contributed by atoms with E-state index in [-0.39, 0.29) is 5.56 Å². The number of hydrogen-bond acceptors (Lipinski definition) is 2. The number of benzene rings is 1. The van der Waals surface area contributed by atoms with Gasteiger partial charge in [-0.3, -0.25) is 9.36 Å². The summed E-state index contributed by atoms with van der Waals surface area (Å²) in [4.78, 5) is 16.9. The van der Waals surface area contributed by atoms with E-state index in [2.05, 4.69) is 11.6 Å². The normalized spacial score (nSPS) is 15.8. The van der Waals surface area contributed by atoms with Gasteiger partial charge in [-0.05, 0) is 18.4 Å². The SMILES string of the molecule is C=Cc1ccccc1-c1cc(=O)n(C2CCCCC2)cn1. The van der Waals surface area contributed by atoms with Gasteiger partial charge < -0.3 is 0 Å². The minimum Gasteiger partial charge on any atom is -0.296 e. The highest BCUT2D eigenvalue weighted by Crippen LogP contribution is 2.27. The molecular weight excluding hydrogens is 260 g/mol. The molecule has 3 heteroatoms. The highest BCUT2D eigenvalue weighted by Gasteiger charge is 2.17. The van der Waals surface area contributed by atoms with Crippen LogP contribution in [0.3, 0.4) is 0 Å². The molecule has 1 aliphatic rings. The quantitative estimate of drug-likeness (QED) is 0.850. The fraction of sp³-hybridized carbons (Fsp3) is 0.333. The van der Waals surface area contributed by atoms with E-state index in [1.54, 1.807) is 23.0 Å². The standard InChI is InChI=1S/C18H20N2O/c1-2-14-8-6-7-11-16(14)17-12-18(21)20(13-19-17)15-9-4-3-5-10-15/h2,6-8,11-13,15H,1,3-5,9-10H2. The lowest BCUT2D eigenvalue weighted by atomic mass is 9.95. The highest BCUT2D eigenvalue weighted by molar-refractivity contribution is 5.71. The topological polar surface area (TPSA) is 34.9 Å². The first-order valence-electron chi connectivity index (χ1n) is 7.59. The Morgan fingerprint density at radius 3 is 2.67 bits per heavy atom. The van der Waals surface area contributed by atoms with Crippen molar-refractivity contribution in [3.05, 3.63) is 59.2 Å². The molecule has 21 heavy (non-hydrogen) atoms. The van der Waals surface area contributed by atoms with Crippen LogP contribution in [0.25, 0.3) is 17.3 Å². The fourth-order valence-electron chi connectivity index (χ4n) is 3.10. The second-order valence-corrected chi connectivity index (χ2v) is 5.60. The number of nitrogens with zero attached hydrogens (tertiary/aromatic N) is 2. The predicted octanol–water partition coefficient (Wildman–Crippen LogP) is 4.06. The molecule has 0 atom stereocenters. The molecule has 1 heterocycles. The number of aromatic nitrogens is 2. The van der Waals surface area contributed by atoms with Crippen LogP contribution in [-0.4, -0.2) is 9.55 Å². The van der Waals surface area contributed by atoms with Crippen LogP contribution in [0, 0.1) is 0 Å². The fourth-order valence-corrected chi connectivity index (χ4v) is 3.10. The molecule has 0 spiro atoms. The molecule has 1 aromatic heterocycles. The molecule has 3 rings (SSSR count). The molecule has 0 bridgehead atoms. The summed E-state index contributed by atoms with van der Waals surface area (Å²) in [5.74, 6) is 0. The Morgan fingerprint density at radius 1 is 1.19 bits per heavy atom. The third-order valence-corrected chi connectivity index (χ3v) is 4.26. The monoisotopic (exact) mass is 280 g/mol. The lowest BCUT2D eigenvalue weighted by Gasteiger charge is -2.23. The second-order valence-electron chi connectivity index (χ2n) is 5.60. The first kappa shape index (κ1) is 13.8. The first-order valence-corrected chi connectivity index (χ1v) is 7.59. The van der Waals surface area contributed by atoms with Crippen molar-refractivity contribution in [2.45, 2.75) is 38.1 Å². The molecular formula is C18H20N2O. The molecule has 0 amide bonds. The van der Waals surface area contributed by atoms with Gasteiger partial charge in [-0.1, -0.05) is 56.2 Å². The summed E-state index contributed by atoms with van der Waals surface area (Å²) >= 11 is 0. The molecule has 3 nitrogen and oxygen atoms in total. The Bertz CT molecular complexity index is 696. The van der Waals surface area contributed by atoms with Gasteiger partial charge in [-0.2, -0.15) is 0 Å². The summed E-state index contributed by atoms with van der Waals surface area (Å²) in [7, 11) is 0. The van der Waals surface area contributed by atoms with E-state index in [9.17, 15) is 4.79 Å². The van der Waals surface area contributed by atoms with Gasteiger partial charge in [0.05, 0.1) is 12.0 Å². The summed E-state index contributed by atoms with van der Waals surface area (Å²) in [6, 6.07) is 9.85. The van der Waals surface area contributed by atoms with Gasteiger partial charge in [0, 0.05) is 17.7 Å². The molecule has 0 saturated heterocycles. The molecule has 0 radical (unpaired) electrons. The van der Waals surface area contributed by atoms with E-state index in [1.165, 1.54) is 19.3 Å². The van der Waals surface area contributed by atoms with Crippen molar-refractivity contribution < 1.29 is 0 Å². The lowest BCUT2D eigenvalue weighted by molar-refractivity contribution is 0.343. The van der Waals surface area contributed by atoms with Crippen molar-refractivity contribution in [1.29, 1.82) is 0 Å². The zero-order valence-electron chi connectivity index (χ0n) is 12.2. The molecule has 108 valence electrons. The molecule has 0 N–H and O–H groups in total. The average Bonchev–Trinajstić information content (AvgIpc) is 2.55. The van der Waals surface area contributed by atoms with Crippen LogP contribution in [0.1, 0.15) is 43.7 Å². The average molecular weight is 280 g/mol. The zero-order valence-corrected chi connectivity index (χ0v) is 12.2. The maximum atomic E-state index is 12.4. The summed E-state index contributed by atoms with van der Waals surface area (Å²) in [6.07, 6.45) is 9.38. The zero-order chi connectivity index (χ0) is 14.7. The van der Waals surface area contributed by atoms with Crippen molar-refractivity contribution in [2.24, 2.45) is 0 Å². The molecule has 2 aromatic rings. The minimum absolute atomic E-state index is 0.0470. The Balaban J connectivity index is 1.97. The second kappa shape index (κ2) is 6.08. The summed E-state index contributed by atoms with van der Waals surface area (Å²) in [5, 5.41) is 0. The van der Waals surface area contributed by atoms with Gasteiger partial charge in [0.2, 0.25) is 0 Å². The van der Waals surface area contributed by atoms with E-state index in [4.69, 9.17) is 0 Å². The van der Waals surface area contributed by atoms with Gasteiger partial charge in [0.15, 0.2) is 0 Å². The van der Waals surface area contributed by atoms with Gasteiger partial charge in [-0.25, -0.2) is 4.98 Å². The predicted molar refractivity (Wildman–Crippen MR) is 86.1 cm³/mol. The van der Waals surface area contributed by atoms with Crippen LogP contribution < -0.4 is 5.56 Å².